The Labute approximate surface area is 110 Å². The topological polar surface area (TPSA) is 45.6 Å². The maximum Gasteiger partial charge on any atom is 0.183 e. The van der Waals surface area contributed by atoms with Gasteiger partial charge in [0.2, 0.25) is 0 Å². The maximum atomic E-state index is 8.69. The molecule has 1 aromatic rings. The average molecular weight is 277 g/mol. The molecule has 0 atom stereocenters. The average Bonchev–Trinajstić information content (AvgIpc) is 2.74. The summed E-state index contributed by atoms with van der Waals surface area (Å²) < 4.78 is 6.14. The lowest BCUT2D eigenvalue weighted by molar-refractivity contribution is -0.00887. The van der Waals surface area contributed by atoms with Gasteiger partial charge in [0.15, 0.2) is 4.47 Å². The van der Waals surface area contributed by atoms with Crippen LogP contribution in [0.2, 0.25) is 4.47 Å². The molecular weight excluding hydrogens is 260 g/mol. The van der Waals surface area contributed by atoms with Crippen molar-refractivity contribution in [3.63, 3.8) is 0 Å². The highest BCUT2D eigenvalue weighted by molar-refractivity contribution is 7.15. The van der Waals surface area contributed by atoms with Crippen molar-refractivity contribution in [3.8, 4) is 0 Å². The van der Waals surface area contributed by atoms with Crippen LogP contribution < -0.4 is 0 Å². The van der Waals surface area contributed by atoms with E-state index >= 15 is 0 Å². The Morgan fingerprint density at radius 1 is 1.53 bits per heavy atom. The van der Waals surface area contributed by atoms with Crippen LogP contribution in [0, 0.1) is 0 Å². The second-order valence-electron chi connectivity index (χ2n) is 4.15. The van der Waals surface area contributed by atoms with Gasteiger partial charge in [-0.1, -0.05) is 11.6 Å². The fraction of sp³-hybridized carbons (Fsp3) is 0.727. The zero-order valence-corrected chi connectivity index (χ0v) is 11.2. The molecule has 17 heavy (non-hydrogen) atoms. The number of aliphatic hydroxyl groups is 1. The Bertz CT molecular complexity index is 340. The van der Waals surface area contributed by atoms with Gasteiger partial charge in [-0.2, -0.15) is 0 Å². The molecule has 96 valence electrons. The van der Waals surface area contributed by atoms with Gasteiger partial charge >= 0.3 is 0 Å². The van der Waals surface area contributed by atoms with E-state index in [-0.39, 0.29) is 6.61 Å². The Balaban J connectivity index is 1.72. The van der Waals surface area contributed by atoms with E-state index in [9.17, 15) is 0 Å². The Morgan fingerprint density at radius 2 is 2.29 bits per heavy atom. The molecule has 1 aromatic heterocycles. The van der Waals surface area contributed by atoms with Gasteiger partial charge in [-0.05, 0) is 12.8 Å². The van der Waals surface area contributed by atoms with Gasteiger partial charge in [-0.3, -0.25) is 4.90 Å². The van der Waals surface area contributed by atoms with Crippen molar-refractivity contribution in [2.24, 2.45) is 0 Å². The summed E-state index contributed by atoms with van der Waals surface area (Å²) >= 11 is 7.35. The van der Waals surface area contributed by atoms with E-state index in [1.165, 1.54) is 4.88 Å². The molecule has 0 bridgehead atoms. The predicted octanol–water partition coefficient (Wildman–Crippen LogP) is 1.77. The fourth-order valence-corrected chi connectivity index (χ4v) is 3.05. The molecule has 0 spiro atoms. The number of ether oxygens (including phenoxy) is 1. The van der Waals surface area contributed by atoms with Gasteiger partial charge in [-0.25, -0.2) is 4.98 Å². The third-order valence-corrected chi connectivity index (χ3v) is 3.98. The molecule has 1 aliphatic rings. The quantitative estimate of drug-likeness (QED) is 0.890. The maximum absolute atomic E-state index is 8.69. The summed E-state index contributed by atoms with van der Waals surface area (Å²) in [5, 5.41) is 8.69. The molecule has 1 aliphatic heterocycles. The van der Waals surface area contributed by atoms with Gasteiger partial charge in [0.05, 0.1) is 19.3 Å². The van der Waals surface area contributed by atoms with Crippen LogP contribution in [0.3, 0.4) is 0 Å². The van der Waals surface area contributed by atoms with Crippen LogP contribution in [0.1, 0.15) is 17.7 Å². The van der Waals surface area contributed by atoms with Crippen molar-refractivity contribution in [2.45, 2.75) is 25.5 Å². The molecule has 1 saturated heterocycles. The highest BCUT2D eigenvalue weighted by atomic mass is 35.5. The van der Waals surface area contributed by atoms with Gasteiger partial charge in [-0.15, -0.1) is 11.3 Å². The van der Waals surface area contributed by atoms with E-state index in [2.05, 4.69) is 9.88 Å². The largest absolute Gasteiger partial charge is 0.394 e. The first-order chi connectivity index (χ1) is 8.28. The summed E-state index contributed by atoms with van der Waals surface area (Å²) in [7, 11) is 0. The van der Waals surface area contributed by atoms with Gasteiger partial charge in [0.25, 0.3) is 0 Å². The molecule has 1 fully saturated rings. The molecule has 0 radical (unpaired) electrons. The van der Waals surface area contributed by atoms with Gasteiger partial charge in [0, 0.05) is 30.7 Å². The van der Waals surface area contributed by atoms with E-state index in [4.69, 9.17) is 21.4 Å². The van der Waals surface area contributed by atoms with Crippen LogP contribution in [0.4, 0.5) is 0 Å². The van der Waals surface area contributed by atoms with E-state index < -0.39 is 0 Å². The van der Waals surface area contributed by atoms with Crippen LogP contribution in [-0.4, -0.2) is 47.4 Å². The Kier molecular flexibility index (Phi) is 5.18. The minimum Gasteiger partial charge on any atom is -0.394 e. The molecule has 0 unspecified atom stereocenters. The SMILES string of the molecule is OCCOC1CCN(Cc2cnc(Cl)s2)CC1. The first kappa shape index (κ1) is 13.2. The molecule has 2 heterocycles. The standard InChI is InChI=1S/C11H17ClN2O2S/c12-11-13-7-10(17-11)8-14-3-1-9(2-4-14)16-6-5-15/h7,9,15H,1-6,8H2. The van der Waals surface area contributed by atoms with Crippen LogP contribution in [0.25, 0.3) is 0 Å². The smallest absolute Gasteiger partial charge is 0.183 e. The second-order valence-corrected chi connectivity index (χ2v) is 5.85. The van der Waals surface area contributed by atoms with Crippen molar-refractivity contribution in [1.82, 2.24) is 9.88 Å². The van der Waals surface area contributed by atoms with Crippen LogP contribution in [-0.2, 0) is 11.3 Å². The first-order valence-corrected chi connectivity index (χ1v) is 7.02. The van der Waals surface area contributed by atoms with Crippen molar-refractivity contribution in [1.29, 1.82) is 0 Å². The predicted molar refractivity (Wildman–Crippen MR) is 68.5 cm³/mol. The number of halogens is 1. The number of nitrogens with zero attached hydrogens (tertiary/aromatic N) is 2. The minimum atomic E-state index is 0.111. The summed E-state index contributed by atoms with van der Waals surface area (Å²) in [6.07, 6.45) is 4.23. The number of hydrogen-bond acceptors (Lipinski definition) is 5. The second kappa shape index (κ2) is 6.66. The third kappa shape index (κ3) is 4.19. The van der Waals surface area contributed by atoms with E-state index in [0.29, 0.717) is 17.2 Å². The molecule has 0 amide bonds. The van der Waals surface area contributed by atoms with E-state index in [0.717, 1.165) is 32.5 Å². The molecule has 0 aromatic carbocycles. The van der Waals surface area contributed by atoms with Crippen LogP contribution in [0.5, 0.6) is 0 Å². The van der Waals surface area contributed by atoms with E-state index in [1.54, 1.807) is 11.3 Å². The van der Waals surface area contributed by atoms with Crippen molar-refractivity contribution < 1.29 is 9.84 Å². The zero-order valence-electron chi connectivity index (χ0n) is 9.64. The number of thiazole rings is 1. The number of rotatable bonds is 5. The summed E-state index contributed by atoms with van der Waals surface area (Å²) in [4.78, 5) is 7.65. The summed E-state index contributed by atoms with van der Waals surface area (Å²) in [5.41, 5.74) is 0. The van der Waals surface area contributed by atoms with Crippen molar-refractivity contribution >= 4 is 22.9 Å². The number of aromatic nitrogens is 1. The van der Waals surface area contributed by atoms with Crippen LogP contribution >= 0.6 is 22.9 Å². The molecular formula is C11H17ClN2O2S. The zero-order chi connectivity index (χ0) is 12.1. The lowest BCUT2D eigenvalue weighted by atomic mass is 10.1. The fourth-order valence-electron chi connectivity index (χ4n) is 2.03. The lowest BCUT2D eigenvalue weighted by Gasteiger charge is -2.31. The highest BCUT2D eigenvalue weighted by Crippen LogP contribution is 2.21. The summed E-state index contributed by atoms with van der Waals surface area (Å²) in [6, 6.07) is 0. The van der Waals surface area contributed by atoms with Crippen LogP contribution in [0.15, 0.2) is 6.20 Å². The molecule has 1 N–H and O–H groups in total. The lowest BCUT2D eigenvalue weighted by Crippen LogP contribution is -2.36. The molecule has 2 rings (SSSR count). The summed E-state index contributed by atoms with van der Waals surface area (Å²) in [5.74, 6) is 0. The molecule has 0 saturated carbocycles. The van der Waals surface area contributed by atoms with Gasteiger partial charge < -0.3 is 9.84 Å². The van der Waals surface area contributed by atoms with E-state index in [1.807, 2.05) is 6.20 Å². The van der Waals surface area contributed by atoms with Crippen molar-refractivity contribution in [2.75, 3.05) is 26.3 Å². The molecule has 4 nitrogen and oxygen atoms in total. The molecule has 6 heteroatoms. The number of likely N-dealkylation sites (tertiary alicyclic amines) is 1. The van der Waals surface area contributed by atoms with Crippen molar-refractivity contribution in [3.05, 3.63) is 15.5 Å². The Hall–Kier alpha value is -0.200. The first-order valence-electron chi connectivity index (χ1n) is 5.83. The Morgan fingerprint density at radius 3 is 2.88 bits per heavy atom. The highest BCUT2D eigenvalue weighted by Gasteiger charge is 2.19. The minimum absolute atomic E-state index is 0.111. The monoisotopic (exact) mass is 276 g/mol. The number of hydrogen-bond donors (Lipinski definition) is 1. The number of aliphatic hydroxyl groups excluding tert-OH is 1. The normalized spacial score (nSPS) is 18.7. The number of piperidine rings is 1. The van der Waals surface area contributed by atoms with Gasteiger partial charge in [0.1, 0.15) is 0 Å². The third-order valence-electron chi connectivity index (χ3n) is 2.88. The molecule has 0 aliphatic carbocycles. The summed E-state index contributed by atoms with van der Waals surface area (Å²) in [6.45, 7) is 3.56.